The first kappa shape index (κ1) is 6.41. The molecule has 0 unspecified atom stereocenters. The molecule has 0 fully saturated rings. The van der Waals surface area contributed by atoms with Gasteiger partial charge in [0.2, 0.25) is 0 Å². The number of aliphatic imine (C=N–C) groups is 1. The van der Waals surface area contributed by atoms with Crippen molar-refractivity contribution >= 4 is 6.21 Å². The minimum absolute atomic E-state index is 0.923. The Hall–Kier alpha value is -0.590. The van der Waals surface area contributed by atoms with Crippen LogP contribution in [-0.4, -0.2) is 12.8 Å². The maximum Gasteiger partial charge on any atom is 0.0386 e. The van der Waals surface area contributed by atoms with Crippen LogP contribution in [0.4, 0.5) is 0 Å². The monoisotopic (exact) mass is 97.1 g/mol. The Kier molecular flexibility index (Phi) is 4.95. The molecule has 7 heavy (non-hydrogen) atoms. The van der Waals surface area contributed by atoms with Crippen molar-refractivity contribution in [2.75, 3.05) is 6.54 Å². The Morgan fingerprint density at radius 2 is 2.43 bits per heavy atom. The Balaban J connectivity index is 2.92. The Morgan fingerprint density at radius 3 is 2.86 bits per heavy atom. The van der Waals surface area contributed by atoms with Crippen LogP contribution < -0.4 is 0 Å². The predicted octanol–water partition coefficient (Wildman–Crippen LogP) is 1.65. The molecule has 0 N–H and O–H groups in total. The highest BCUT2D eigenvalue weighted by Crippen LogP contribution is 1.73. The van der Waals surface area contributed by atoms with Gasteiger partial charge in [0.05, 0.1) is 0 Å². The van der Waals surface area contributed by atoms with E-state index in [1.807, 2.05) is 0 Å². The molecule has 0 aliphatic rings. The summed E-state index contributed by atoms with van der Waals surface area (Å²) in [6.45, 7) is 6.50. The van der Waals surface area contributed by atoms with Gasteiger partial charge in [0.25, 0.3) is 0 Å². The van der Waals surface area contributed by atoms with Gasteiger partial charge in [0, 0.05) is 12.8 Å². The van der Waals surface area contributed by atoms with Crippen molar-refractivity contribution < 1.29 is 0 Å². The van der Waals surface area contributed by atoms with Gasteiger partial charge in [-0.2, -0.15) is 0 Å². The van der Waals surface area contributed by atoms with Crippen molar-refractivity contribution in [2.24, 2.45) is 4.99 Å². The molecule has 0 radical (unpaired) electrons. The summed E-state index contributed by atoms with van der Waals surface area (Å²) in [5.41, 5.74) is 0. The predicted molar refractivity (Wildman–Crippen MR) is 33.8 cm³/mol. The number of nitrogens with zero attached hydrogens (tertiary/aromatic N) is 1. The summed E-state index contributed by atoms with van der Waals surface area (Å²) < 4.78 is 0. The lowest BCUT2D eigenvalue weighted by Crippen LogP contribution is -1.72. The van der Waals surface area contributed by atoms with Gasteiger partial charge in [-0.05, 0) is 6.42 Å². The third-order valence-electron chi connectivity index (χ3n) is 0.564. The second-order valence-corrected chi connectivity index (χ2v) is 1.29. The smallest absolute Gasteiger partial charge is 0.0386 e. The highest BCUT2D eigenvalue weighted by atomic mass is 14.7. The quantitative estimate of drug-likeness (QED) is 0.475. The van der Waals surface area contributed by atoms with Crippen LogP contribution >= 0.6 is 0 Å². The van der Waals surface area contributed by atoms with Crippen molar-refractivity contribution in [3.63, 3.8) is 0 Å². The van der Waals surface area contributed by atoms with Gasteiger partial charge in [-0.3, -0.25) is 4.99 Å². The second-order valence-electron chi connectivity index (χ2n) is 1.29. The molecule has 0 spiro atoms. The summed E-state index contributed by atoms with van der Waals surface area (Å²) >= 11 is 0. The average molecular weight is 97.2 g/mol. The summed E-state index contributed by atoms with van der Waals surface area (Å²) in [7, 11) is 0. The number of hydrogen-bond acceptors (Lipinski definition) is 1. The van der Waals surface area contributed by atoms with Crippen LogP contribution in [0, 0.1) is 0 Å². The normalized spacial score (nSPS) is 9.86. The molecule has 1 nitrogen and oxygen atoms in total. The molecule has 0 saturated heterocycles. The lowest BCUT2D eigenvalue weighted by molar-refractivity contribution is 0.937. The van der Waals surface area contributed by atoms with Gasteiger partial charge in [0.15, 0.2) is 0 Å². The minimum Gasteiger partial charge on any atom is -0.293 e. The minimum atomic E-state index is 0.923. The van der Waals surface area contributed by atoms with E-state index in [1.54, 1.807) is 12.3 Å². The van der Waals surface area contributed by atoms with E-state index in [9.17, 15) is 0 Å². The number of allylic oxidation sites excluding steroid dienone is 1. The van der Waals surface area contributed by atoms with E-state index >= 15 is 0 Å². The lowest BCUT2D eigenvalue weighted by atomic mass is 10.5. The van der Waals surface area contributed by atoms with Crippen LogP contribution in [-0.2, 0) is 0 Å². The van der Waals surface area contributed by atoms with E-state index < -0.39 is 0 Å². The van der Waals surface area contributed by atoms with Crippen LogP contribution in [0.15, 0.2) is 17.6 Å². The van der Waals surface area contributed by atoms with Crippen LogP contribution in [0.25, 0.3) is 0 Å². The van der Waals surface area contributed by atoms with Gasteiger partial charge >= 0.3 is 0 Å². The van der Waals surface area contributed by atoms with Crippen molar-refractivity contribution in [1.29, 1.82) is 0 Å². The second kappa shape index (κ2) is 5.41. The van der Waals surface area contributed by atoms with Gasteiger partial charge in [-0.15, -0.1) is 0 Å². The zero-order valence-corrected chi connectivity index (χ0v) is 4.72. The molecule has 0 amide bonds. The standard InChI is InChI=1S/C6H11N/c1-3-5-7-6-4-2/h3,5H,1,4,6H2,2H3/b7-5-. The van der Waals surface area contributed by atoms with E-state index in [0.717, 1.165) is 13.0 Å². The Morgan fingerprint density at radius 1 is 1.71 bits per heavy atom. The van der Waals surface area contributed by atoms with E-state index in [-0.39, 0.29) is 0 Å². The average Bonchev–Trinajstić information content (AvgIpc) is 1.69. The SMILES string of the molecule is C=C/C=N\CCC. The van der Waals surface area contributed by atoms with Gasteiger partial charge in [-0.1, -0.05) is 19.6 Å². The van der Waals surface area contributed by atoms with Gasteiger partial charge < -0.3 is 0 Å². The molecule has 0 rings (SSSR count). The van der Waals surface area contributed by atoms with E-state index in [1.165, 1.54) is 0 Å². The van der Waals surface area contributed by atoms with Crippen LogP contribution in [0.1, 0.15) is 13.3 Å². The highest BCUT2D eigenvalue weighted by Gasteiger charge is 1.66. The Labute approximate surface area is 44.8 Å². The largest absolute Gasteiger partial charge is 0.293 e. The van der Waals surface area contributed by atoms with Crippen molar-refractivity contribution in [3.8, 4) is 0 Å². The Bertz CT molecular complexity index is 64.6. The fourth-order valence-electron chi connectivity index (χ4n) is 0.278. The van der Waals surface area contributed by atoms with Crippen molar-refractivity contribution in [3.05, 3.63) is 12.7 Å². The topological polar surface area (TPSA) is 12.4 Å². The molecule has 0 aliphatic carbocycles. The first-order valence-corrected chi connectivity index (χ1v) is 2.52. The lowest BCUT2D eigenvalue weighted by Gasteiger charge is -1.78. The molecular formula is C6H11N. The molecule has 0 aromatic heterocycles. The summed E-state index contributed by atoms with van der Waals surface area (Å²) in [5.74, 6) is 0. The highest BCUT2D eigenvalue weighted by molar-refractivity contribution is 5.69. The maximum atomic E-state index is 3.97. The molecule has 0 aromatic carbocycles. The zero-order chi connectivity index (χ0) is 5.54. The third-order valence-corrected chi connectivity index (χ3v) is 0.564. The van der Waals surface area contributed by atoms with Crippen LogP contribution in [0.2, 0.25) is 0 Å². The van der Waals surface area contributed by atoms with E-state index in [2.05, 4.69) is 18.5 Å². The van der Waals surface area contributed by atoms with E-state index in [0.29, 0.717) is 0 Å². The van der Waals surface area contributed by atoms with Crippen molar-refractivity contribution in [2.45, 2.75) is 13.3 Å². The summed E-state index contributed by atoms with van der Waals surface area (Å²) in [4.78, 5) is 3.97. The van der Waals surface area contributed by atoms with Gasteiger partial charge in [0.1, 0.15) is 0 Å². The summed E-state index contributed by atoms with van der Waals surface area (Å²) in [5, 5.41) is 0. The molecule has 40 valence electrons. The van der Waals surface area contributed by atoms with Gasteiger partial charge in [-0.25, -0.2) is 0 Å². The number of rotatable bonds is 3. The molecule has 1 heteroatoms. The fraction of sp³-hybridized carbons (Fsp3) is 0.500. The molecule has 0 aliphatic heterocycles. The fourth-order valence-corrected chi connectivity index (χ4v) is 0.278. The van der Waals surface area contributed by atoms with Crippen LogP contribution in [0.3, 0.4) is 0 Å². The third kappa shape index (κ3) is 5.41. The zero-order valence-electron chi connectivity index (χ0n) is 4.72. The molecule has 0 aromatic rings. The van der Waals surface area contributed by atoms with E-state index in [4.69, 9.17) is 0 Å². The molecule has 0 heterocycles. The molecule has 0 bridgehead atoms. The molecule has 0 saturated carbocycles. The number of hydrogen-bond donors (Lipinski definition) is 0. The summed E-state index contributed by atoms with van der Waals surface area (Å²) in [6.07, 6.45) is 4.53. The molecule has 0 atom stereocenters. The molecular weight excluding hydrogens is 86.1 g/mol. The summed E-state index contributed by atoms with van der Waals surface area (Å²) in [6, 6.07) is 0. The maximum absolute atomic E-state index is 3.97. The first-order valence-electron chi connectivity index (χ1n) is 2.52. The van der Waals surface area contributed by atoms with Crippen LogP contribution in [0.5, 0.6) is 0 Å². The first-order chi connectivity index (χ1) is 3.41. The van der Waals surface area contributed by atoms with Crippen molar-refractivity contribution in [1.82, 2.24) is 0 Å².